The second-order valence-corrected chi connectivity index (χ2v) is 13.5. The highest BCUT2D eigenvalue weighted by atomic mass is 31.2. The number of hydrogen-bond acceptors (Lipinski definition) is 6. The molecule has 8 nitrogen and oxygen atoms in total. The summed E-state index contributed by atoms with van der Waals surface area (Å²) in [5, 5.41) is 0. The van der Waals surface area contributed by atoms with E-state index in [0.29, 0.717) is 19.3 Å². The van der Waals surface area contributed by atoms with Crippen LogP contribution in [-0.4, -0.2) is 41.0 Å². The van der Waals surface area contributed by atoms with Crippen LogP contribution in [0.5, 0.6) is 0 Å². The number of phosphoric acid groups is 1. The van der Waals surface area contributed by atoms with E-state index in [9.17, 15) is 14.2 Å². The molecule has 284 valence electrons. The lowest BCUT2D eigenvalue weighted by Crippen LogP contribution is -2.29. The van der Waals surface area contributed by atoms with Gasteiger partial charge in [-0.3, -0.25) is 14.1 Å². The molecule has 2 N–H and O–H groups in total. The molecule has 0 rings (SSSR count). The van der Waals surface area contributed by atoms with E-state index in [4.69, 9.17) is 19.3 Å². The smallest absolute Gasteiger partial charge is 0.462 e. The Balaban J connectivity index is 4.13. The van der Waals surface area contributed by atoms with E-state index < -0.39 is 32.5 Å². The molecule has 0 spiro atoms. The zero-order chi connectivity index (χ0) is 36.8. The largest absolute Gasteiger partial charge is 0.469 e. The number of phosphoric ester groups is 1. The minimum Gasteiger partial charge on any atom is -0.462 e. The van der Waals surface area contributed by atoms with Gasteiger partial charge in [-0.05, 0) is 64.2 Å². The number of rotatable bonds is 33. The average Bonchev–Trinajstić information content (AvgIpc) is 3.08. The Morgan fingerprint density at radius 1 is 0.560 bits per heavy atom. The first-order valence-corrected chi connectivity index (χ1v) is 20.5. The summed E-state index contributed by atoms with van der Waals surface area (Å²) in [6, 6.07) is 0. The summed E-state index contributed by atoms with van der Waals surface area (Å²) in [5.41, 5.74) is 0. The minimum absolute atomic E-state index is 0.130. The molecule has 0 radical (unpaired) electrons. The highest BCUT2D eigenvalue weighted by Gasteiger charge is 2.22. The summed E-state index contributed by atoms with van der Waals surface area (Å²) in [6.45, 7) is 3.45. The van der Waals surface area contributed by atoms with Crippen LogP contribution < -0.4 is 0 Å². The summed E-state index contributed by atoms with van der Waals surface area (Å²) in [6.07, 6.45) is 47.4. The third kappa shape index (κ3) is 38.0. The predicted molar refractivity (Wildman–Crippen MR) is 207 cm³/mol. The first-order chi connectivity index (χ1) is 24.3. The molecule has 0 aromatic heterocycles. The van der Waals surface area contributed by atoms with Gasteiger partial charge in [0.05, 0.1) is 6.61 Å². The molecule has 0 saturated heterocycles. The average molecular weight is 719 g/mol. The highest BCUT2D eigenvalue weighted by molar-refractivity contribution is 7.46. The van der Waals surface area contributed by atoms with Crippen LogP contribution in [0.3, 0.4) is 0 Å². The van der Waals surface area contributed by atoms with Gasteiger partial charge in [-0.25, -0.2) is 4.57 Å². The highest BCUT2D eigenvalue weighted by Crippen LogP contribution is 2.35. The number of ether oxygens (including phenoxy) is 2. The zero-order valence-corrected chi connectivity index (χ0v) is 31.9. The van der Waals surface area contributed by atoms with Crippen LogP contribution in [0.2, 0.25) is 0 Å². The van der Waals surface area contributed by atoms with Crippen LogP contribution >= 0.6 is 7.82 Å². The fourth-order valence-corrected chi connectivity index (χ4v) is 5.05. The van der Waals surface area contributed by atoms with E-state index in [1.807, 2.05) is 36.5 Å². The van der Waals surface area contributed by atoms with Crippen LogP contribution in [-0.2, 0) is 28.2 Å². The Hall–Kier alpha value is -2.77. The van der Waals surface area contributed by atoms with E-state index in [1.54, 1.807) is 0 Å². The lowest BCUT2D eigenvalue weighted by Gasteiger charge is -2.18. The Morgan fingerprint density at radius 2 is 1.06 bits per heavy atom. The fourth-order valence-electron chi connectivity index (χ4n) is 4.69. The van der Waals surface area contributed by atoms with Crippen molar-refractivity contribution in [3.8, 4) is 0 Å². The van der Waals surface area contributed by atoms with Gasteiger partial charge in [0.2, 0.25) is 0 Å². The van der Waals surface area contributed by atoms with E-state index in [0.717, 1.165) is 57.8 Å². The van der Waals surface area contributed by atoms with Gasteiger partial charge in [-0.15, -0.1) is 0 Å². The molecular formula is C41H67O8P. The molecule has 0 aliphatic heterocycles. The number of hydrogen-bond donors (Lipinski definition) is 2. The van der Waals surface area contributed by atoms with Crippen molar-refractivity contribution in [2.75, 3.05) is 13.2 Å². The van der Waals surface area contributed by atoms with Crippen LogP contribution in [0.25, 0.3) is 0 Å². The monoisotopic (exact) mass is 718 g/mol. The minimum atomic E-state index is -4.77. The molecule has 0 aromatic rings. The molecule has 0 aliphatic rings. The van der Waals surface area contributed by atoms with Gasteiger partial charge < -0.3 is 19.3 Å². The van der Waals surface area contributed by atoms with Gasteiger partial charge in [-0.1, -0.05) is 150 Å². The Kier molecular flexibility index (Phi) is 34.0. The SMILES string of the molecule is CC/C=C/C=C/C=C/C=C/CCCCCCCC(=O)OC[C@H](COP(=O)(O)O)OC(=O)CCC/C=C/C/C=C/C/C=C/CCCCCCCC. The standard InChI is InChI=1S/C41H67O8P/c1-3-5-7-9-11-13-15-17-19-20-22-24-26-28-30-32-34-36-41(43)49-39(38-48-50(44,45)46)37-47-40(42)35-33-31-29-27-25-23-21-18-16-14-12-10-8-6-4-2/h6,8,10,12,14,16-19,21-22,24,28,30,39H,3-5,7,9,11,13,15,20,23,25-27,29,31-38H2,1-2H3,(H2,44,45,46)/b8-6+,12-10+,16-14+,19-17+,21-18+,24-22+,30-28+/t39-/m1/s1. The van der Waals surface area contributed by atoms with E-state index in [2.05, 4.69) is 67.0 Å². The van der Waals surface area contributed by atoms with Crippen molar-refractivity contribution >= 4 is 19.8 Å². The molecule has 1 atom stereocenters. The van der Waals surface area contributed by atoms with Crippen LogP contribution in [0.1, 0.15) is 142 Å². The van der Waals surface area contributed by atoms with Gasteiger partial charge in [0.1, 0.15) is 6.61 Å². The second-order valence-electron chi connectivity index (χ2n) is 12.3. The molecule has 0 aromatic carbocycles. The van der Waals surface area contributed by atoms with Crippen LogP contribution in [0, 0.1) is 0 Å². The molecule has 0 saturated carbocycles. The maximum absolute atomic E-state index is 12.3. The van der Waals surface area contributed by atoms with E-state index >= 15 is 0 Å². The van der Waals surface area contributed by atoms with Crippen molar-refractivity contribution in [3.05, 3.63) is 85.1 Å². The molecule has 9 heteroatoms. The number of carbonyl (C=O) groups excluding carboxylic acids is 2. The van der Waals surface area contributed by atoms with Crippen molar-refractivity contribution in [1.82, 2.24) is 0 Å². The number of carbonyl (C=O) groups is 2. The van der Waals surface area contributed by atoms with Crippen LogP contribution in [0.15, 0.2) is 85.1 Å². The second kappa shape index (κ2) is 36.0. The number of unbranched alkanes of at least 4 members (excludes halogenated alkanes) is 12. The molecule has 0 fully saturated rings. The third-order valence-corrected chi connectivity index (χ3v) is 7.98. The van der Waals surface area contributed by atoms with E-state index in [-0.39, 0.29) is 19.4 Å². The molecule has 50 heavy (non-hydrogen) atoms. The summed E-state index contributed by atoms with van der Waals surface area (Å²) in [7, 11) is -4.77. The first-order valence-electron chi connectivity index (χ1n) is 18.9. The summed E-state index contributed by atoms with van der Waals surface area (Å²) in [4.78, 5) is 42.7. The summed E-state index contributed by atoms with van der Waals surface area (Å²) in [5.74, 6) is -0.983. The fraction of sp³-hybridized carbons (Fsp3) is 0.610. The topological polar surface area (TPSA) is 119 Å². The van der Waals surface area contributed by atoms with Gasteiger partial charge in [0.25, 0.3) is 0 Å². The maximum atomic E-state index is 12.3. The quantitative estimate of drug-likeness (QED) is 0.0226. The predicted octanol–water partition coefficient (Wildman–Crippen LogP) is 11.3. The maximum Gasteiger partial charge on any atom is 0.469 e. The Labute approximate surface area is 303 Å². The summed E-state index contributed by atoms with van der Waals surface area (Å²) >= 11 is 0. The number of allylic oxidation sites excluding steroid dienone is 14. The Morgan fingerprint density at radius 3 is 1.68 bits per heavy atom. The third-order valence-electron chi connectivity index (χ3n) is 7.49. The Bertz CT molecular complexity index is 1080. The van der Waals surface area contributed by atoms with Crippen molar-refractivity contribution in [2.45, 2.75) is 148 Å². The van der Waals surface area contributed by atoms with Crippen molar-refractivity contribution < 1.29 is 37.9 Å². The molecule has 0 aliphatic carbocycles. The van der Waals surface area contributed by atoms with Crippen LogP contribution in [0.4, 0.5) is 0 Å². The van der Waals surface area contributed by atoms with Crippen molar-refractivity contribution in [2.24, 2.45) is 0 Å². The van der Waals surface area contributed by atoms with Gasteiger partial charge in [-0.2, -0.15) is 0 Å². The van der Waals surface area contributed by atoms with Gasteiger partial charge in [0.15, 0.2) is 6.10 Å². The normalized spacial score (nSPS) is 13.4. The van der Waals surface area contributed by atoms with Gasteiger partial charge >= 0.3 is 19.8 Å². The molecule has 0 amide bonds. The zero-order valence-electron chi connectivity index (χ0n) is 31.0. The van der Waals surface area contributed by atoms with Crippen molar-refractivity contribution in [1.29, 1.82) is 0 Å². The summed E-state index contributed by atoms with van der Waals surface area (Å²) < 4.78 is 26.2. The molecular weight excluding hydrogens is 651 g/mol. The van der Waals surface area contributed by atoms with Crippen molar-refractivity contribution in [3.63, 3.8) is 0 Å². The number of esters is 2. The molecule has 0 heterocycles. The lowest BCUT2D eigenvalue weighted by atomic mass is 10.1. The first kappa shape index (κ1) is 47.2. The van der Waals surface area contributed by atoms with E-state index in [1.165, 1.54) is 38.5 Å². The van der Waals surface area contributed by atoms with Gasteiger partial charge in [0, 0.05) is 12.8 Å². The molecule has 0 unspecified atom stereocenters. The molecule has 0 bridgehead atoms. The lowest BCUT2D eigenvalue weighted by molar-refractivity contribution is -0.161.